The minimum Gasteiger partial charge on any atom is -0.371 e. The molecule has 3 aromatic rings. The molecular formula is C31H32F2O. The lowest BCUT2D eigenvalue weighted by Gasteiger charge is -2.32. The van der Waals surface area contributed by atoms with Crippen LogP contribution in [0, 0.1) is 11.6 Å². The molecule has 0 N–H and O–H groups in total. The number of benzene rings is 3. The first-order chi connectivity index (χ1) is 16.6. The maximum atomic E-state index is 15.2. The van der Waals surface area contributed by atoms with Gasteiger partial charge in [-0.2, -0.15) is 0 Å². The van der Waals surface area contributed by atoms with E-state index in [1.165, 1.54) is 0 Å². The first-order valence-corrected chi connectivity index (χ1v) is 12.2. The van der Waals surface area contributed by atoms with Crippen molar-refractivity contribution in [1.29, 1.82) is 0 Å². The van der Waals surface area contributed by atoms with Gasteiger partial charge in [-0.1, -0.05) is 112 Å². The average molecular weight is 459 g/mol. The molecule has 1 unspecified atom stereocenters. The molecular weight excluding hydrogens is 426 g/mol. The lowest BCUT2D eigenvalue weighted by Crippen LogP contribution is -2.31. The first kappa shape index (κ1) is 24.1. The summed E-state index contributed by atoms with van der Waals surface area (Å²) in [5.74, 6) is -1.63. The highest BCUT2D eigenvalue weighted by Crippen LogP contribution is 2.36. The van der Waals surface area contributed by atoms with Crippen LogP contribution in [0.15, 0.2) is 85.0 Å². The van der Waals surface area contributed by atoms with Crippen LogP contribution >= 0.6 is 0 Å². The molecule has 3 aromatic carbocycles. The van der Waals surface area contributed by atoms with Gasteiger partial charge in [0.15, 0.2) is 11.6 Å². The summed E-state index contributed by atoms with van der Waals surface area (Å²) >= 11 is 0. The van der Waals surface area contributed by atoms with E-state index in [9.17, 15) is 0 Å². The molecule has 0 amide bonds. The fraction of sp³-hybridized carbons (Fsp3) is 0.290. The van der Waals surface area contributed by atoms with Gasteiger partial charge in [0.1, 0.15) is 0 Å². The third kappa shape index (κ3) is 5.20. The third-order valence-electron chi connectivity index (χ3n) is 6.49. The number of halogens is 2. The number of ether oxygens (including phenoxy) is 1. The SMILES string of the molecule is CCCCOC1(CCC)C=CC(c2ccc(-c3ccc(-c4ccccc4)cc3)c(F)c2F)=CC1. The van der Waals surface area contributed by atoms with Crippen molar-refractivity contribution in [2.45, 2.75) is 51.6 Å². The molecule has 1 atom stereocenters. The third-order valence-corrected chi connectivity index (χ3v) is 6.49. The van der Waals surface area contributed by atoms with Crippen molar-refractivity contribution < 1.29 is 13.5 Å². The number of allylic oxidation sites excluding steroid dienone is 2. The maximum absolute atomic E-state index is 15.2. The Hall–Kier alpha value is -3.04. The van der Waals surface area contributed by atoms with Crippen molar-refractivity contribution in [3.05, 3.63) is 102 Å². The second kappa shape index (κ2) is 10.9. The molecule has 1 nitrogen and oxygen atoms in total. The molecule has 0 spiro atoms. The molecule has 0 saturated heterocycles. The van der Waals surface area contributed by atoms with E-state index in [4.69, 9.17) is 4.74 Å². The van der Waals surface area contributed by atoms with Gasteiger partial charge in [-0.05, 0) is 41.5 Å². The van der Waals surface area contributed by atoms with E-state index < -0.39 is 11.6 Å². The van der Waals surface area contributed by atoms with Crippen molar-refractivity contribution in [3.63, 3.8) is 0 Å². The van der Waals surface area contributed by atoms with Crippen LogP contribution in [0.25, 0.3) is 27.8 Å². The van der Waals surface area contributed by atoms with Gasteiger partial charge in [0.05, 0.1) is 5.60 Å². The summed E-state index contributed by atoms with van der Waals surface area (Å²) < 4.78 is 36.5. The standard InChI is InChI=1S/C31H32F2O/c1-3-5-22-34-31(19-4-2)20-17-26(18-21-31)28-16-15-27(29(32)30(28)33)25-13-11-24(12-14-25)23-9-7-6-8-10-23/h6-18,20H,3-5,19,21-22H2,1-2H3. The van der Waals surface area contributed by atoms with Gasteiger partial charge in [0, 0.05) is 17.7 Å². The topological polar surface area (TPSA) is 9.23 Å². The van der Waals surface area contributed by atoms with Crippen LogP contribution in [0.1, 0.15) is 51.5 Å². The van der Waals surface area contributed by atoms with Crippen LogP contribution in [-0.2, 0) is 4.74 Å². The number of rotatable bonds is 9. The van der Waals surface area contributed by atoms with Crippen LogP contribution < -0.4 is 0 Å². The Bertz CT molecular complexity index is 1160. The summed E-state index contributed by atoms with van der Waals surface area (Å²) in [6, 6.07) is 20.9. The van der Waals surface area contributed by atoms with Crippen molar-refractivity contribution in [3.8, 4) is 22.3 Å². The molecule has 4 rings (SSSR count). The highest BCUT2D eigenvalue weighted by atomic mass is 19.2. The van der Waals surface area contributed by atoms with Gasteiger partial charge in [-0.25, -0.2) is 8.78 Å². The number of hydrogen-bond donors (Lipinski definition) is 0. The summed E-state index contributed by atoms with van der Waals surface area (Å²) in [4.78, 5) is 0. The Kier molecular flexibility index (Phi) is 7.74. The summed E-state index contributed by atoms with van der Waals surface area (Å²) in [6.45, 7) is 4.99. The zero-order valence-electron chi connectivity index (χ0n) is 20.0. The predicted octanol–water partition coefficient (Wildman–Crippen LogP) is 9.00. The van der Waals surface area contributed by atoms with E-state index in [1.54, 1.807) is 12.1 Å². The van der Waals surface area contributed by atoms with E-state index in [-0.39, 0.29) is 16.7 Å². The number of hydrogen-bond acceptors (Lipinski definition) is 1. The molecule has 176 valence electrons. The maximum Gasteiger partial charge on any atom is 0.167 e. The highest BCUT2D eigenvalue weighted by molar-refractivity contribution is 5.78. The Balaban J connectivity index is 1.55. The lowest BCUT2D eigenvalue weighted by molar-refractivity contribution is -0.0148. The van der Waals surface area contributed by atoms with Crippen molar-refractivity contribution in [1.82, 2.24) is 0 Å². The predicted molar refractivity (Wildman–Crippen MR) is 137 cm³/mol. The summed E-state index contributed by atoms with van der Waals surface area (Å²) in [6.07, 6.45) is 10.6. The quantitative estimate of drug-likeness (QED) is 0.291. The minimum absolute atomic E-state index is 0.268. The summed E-state index contributed by atoms with van der Waals surface area (Å²) in [5.41, 5.74) is 3.70. The molecule has 1 aliphatic rings. The van der Waals surface area contributed by atoms with Crippen molar-refractivity contribution >= 4 is 5.57 Å². The Morgan fingerprint density at radius 3 is 2.06 bits per heavy atom. The van der Waals surface area contributed by atoms with E-state index in [0.717, 1.165) is 36.8 Å². The van der Waals surface area contributed by atoms with Crippen molar-refractivity contribution in [2.75, 3.05) is 6.61 Å². The van der Waals surface area contributed by atoms with E-state index in [1.807, 2.05) is 72.8 Å². The fourth-order valence-electron chi connectivity index (χ4n) is 4.54. The minimum atomic E-state index is -0.816. The molecule has 0 aliphatic heterocycles. The Morgan fingerprint density at radius 2 is 1.41 bits per heavy atom. The van der Waals surface area contributed by atoms with Crippen LogP contribution in [0.2, 0.25) is 0 Å². The van der Waals surface area contributed by atoms with E-state index in [2.05, 4.69) is 13.8 Å². The first-order valence-electron chi connectivity index (χ1n) is 12.2. The number of unbranched alkanes of at least 4 members (excludes halogenated alkanes) is 1. The molecule has 0 saturated carbocycles. The van der Waals surface area contributed by atoms with Crippen LogP contribution in [0.4, 0.5) is 8.78 Å². The van der Waals surface area contributed by atoms with Gasteiger partial charge >= 0.3 is 0 Å². The lowest BCUT2D eigenvalue weighted by atomic mass is 9.85. The van der Waals surface area contributed by atoms with E-state index >= 15 is 8.78 Å². The molecule has 0 heterocycles. The summed E-state index contributed by atoms with van der Waals surface area (Å²) in [7, 11) is 0. The van der Waals surface area contributed by atoms with E-state index in [0.29, 0.717) is 24.2 Å². The largest absolute Gasteiger partial charge is 0.371 e. The normalized spacial score (nSPS) is 17.6. The monoisotopic (exact) mass is 458 g/mol. The second-order valence-corrected chi connectivity index (χ2v) is 8.95. The molecule has 1 aliphatic carbocycles. The van der Waals surface area contributed by atoms with Gasteiger partial charge in [0.25, 0.3) is 0 Å². The average Bonchev–Trinajstić information content (AvgIpc) is 2.87. The molecule has 0 bridgehead atoms. The van der Waals surface area contributed by atoms with Crippen LogP contribution in [0.3, 0.4) is 0 Å². The van der Waals surface area contributed by atoms with Crippen LogP contribution in [0.5, 0.6) is 0 Å². The second-order valence-electron chi connectivity index (χ2n) is 8.95. The molecule has 0 fully saturated rings. The molecule has 34 heavy (non-hydrogen) atoms. The van der Waals surface area contributed by atoms with Gasteiger partial charge < -0.3 is 4.74 Å². The fourth-order valence-corrected chi connectivity index (χ4v) is 4.54. The zero-order valence-corrected chi connectivity index (χ0v) is 20.0. The summed E-state index contributed by atoms with van der Waals surface area (Å²) in [5, 5.41) is 0. The Labute approximate surface area is 201 Å². The van der Waals surface area contributed by atoms with Gasteiger partial charge in [-0.15, -0.1) is 0 Å². The van der Waals surface area contributed by atoms with Crippen LogP contribution in [-0.4, -0.2) is 12.2 Å². The molecule has 3 heteroatoms. The van der Waals surface area contributed by atoms with Gasteiger partial charge in [-0.3, -0.25) is 0 Å². The smallest absolute Gasteiger partial charge is 0.167 e. The van der Waals surface area contributed by atoms with Gasteiger partial charge in [0.2, 0.25) is 0 Å². The molecule has 0 aromatic heterocycles. The zero-order chi connectivity index (χ0) is 24.0. The Morgan fingerprint density at radius 1 is 0.765 bits per heavy atom. The highest BCUT2D eigenvalue weighted by Gasteiger charge is 2.29. The van der Waals surface area contributed by atoms with Crippen molar-refractivity contribution in [2.24, 2.45) is 0 Å². The molecule has 0 radical (unpaired) electrons.